The van der Waals surface area contributed by atoms with Crippen LogP contribution in [0.15, 0.2) is 46.5 Å². The lowest BCUT2D eigenvalue weighted by atomic mass is 10.0. The van der Waals surface area contributed by atoms with Gasteiger partial charge in [0.2, 0.25) is 0 Å². The van der Waals surface area contributed by atoms with E-state index >= 15 is 0 Å². The van der Waals surface area contributed by atoms with Gasteiger partial charge in [-0.25, -0.2) is 0 Å². The Morgan fingerprint density at radius 3 is 2.17 bits per heavy atom. The number of fused-ring (bicyclic) bond motifs is 1. The maximum atomic E-state index is 5.66. The largest absolute Gasteiger partial charge is 0.486 e. The number of hydrogen-bond acceptors (Lipinski definition) is 7. The molecule has 156 valence electrons. The summed E-state index contributed by atoms with van der Waals surface area (Å²) in [4.78, 5) is 11.7. The molecular formula is C22H31N5O2. The Morgan fingerprint density at radius 1 is 1.00 bits per heavy atom. The van der Waals surface area contributed by atoms with E-state index in [1.165, 1.54) is 0 Å². The van der Waals surface area contributed by atoms with Crippen LogP contribution < -0.4 is 20.1 Å². The average molecular weight is 398 g/mol. The topological polar surface area (TPSA) is 80.1 Å². The highest BCUT2D eigenvalue weighted by molar-refractivity contribution is 5.91. The molecule has 2 N–H and O–H groups in total. The van der Waals surface area contributed by atoms with Crippen LogP contribution in [0.1, 0.15) is 16.8 Å². The third-order valence-corrected chi connectivity index (χ3v) is 3.65. The van der Waals surface area contributed by atoms with E-state index in [9.17, 15) is 0 Å². The summed E-state index contributed by atoms with van der Waals surface area (Å²) in [5.74, 6) is 1.49. The summed E-state index contributed by atoms with van der Waals surface area (Å²) in [7, 11) is 7.26. The fourth-order valence-corrected chi connectivity index (χ4v) is 2.61. The van der Waals surface area contributed by atoms with Gasteiger partial charge in [-0.2, -0.15) is 0 Å². The first-order valence-corrected chi connectivity index (χ1v) is 9.21. The van der Waals surface area contributed by atoms with Gasteiger partial charge in [0, 0.05) is 37.1 Å². The van der Waals surface area contributed by atoms with Crippen LogP contribution in [-0.2, 0) is 0 Å². The molecule has 0 saturated heterocycles. The second kappa shape index (κ2) is 13.1. The smallest absolute Gasteiger partial charge is 0.162 e. The van der Waals surface area contributed by atoms with E-state index in [0.29, 0.717) is 13.2 Å². The Morgan fingerprint density at radius 2 is 1.62 bits per heavy atom. The molecule has 2 heterocycles. The number of aliphatic imine (C=N–C) groups is 2. The summed E-state index contributed by atoms with van der Waals surface area (Å²) in [5, 5.41) is 5.97. The zero-order valence-electron chi connectivity index (χ0n) is 18.0. The predicted molar refractivity (Wildman–Crippen MR) is 122 cm³/mol. The van der Waals surface area contributed by atoms with Crippen molar-refractivity contribution in [2.75, 3.05) is 41.4 Å². The summed E-state index contributed by atoms with van der Waals surface area (Å²) < 4.78 is 11.2. The molecule has 2 aromatic rings. The van der Waals surface area contributed by atoms with Crippen LogP contribution in [-0.4, -0.2) is 59.8 Å². The maximum absolute atomic E-state index is 5.66. The van der Waals surface area contributed by atoms with E-state index in [2.05, 4.69) is 39.0 Å². The molecule has 0 amide bonds. The molecule has 0 radical (unpaired) electrons. The molecule has 0 unspecified atom stereocenters. The van der Waals surface area contributed by atoms with E-state index in [1.54, 1.807) is 13.2 Å². The molecule has 3 rings (SSSR count). The van der Waals surface area contributed by atoms with Crippen LogP contribution in [0.2, 0.25) is 0 Å². The molecule has 1 aliphatic rings. The summed E-state index contributed by atoms with van der Waals surface area (Å²) in [6.07, 6.45) is 1.78. The van der Waals surface area contributed by atoms with E-state index in [0.717, 1.165) is 39.7 Å². The van der Waals surface area contributed by atoms with Crippen molar-refractivity contribution in [2.24, 2.45) is 9.98 Å². The first-order chi connectivity index (χ1) is 14.1. The Balaban J connectivity index is 0.000000626. The van der Waals surface area contributed by atoms with Crippen LogP contribution in [0.5, 0.6) is 11.5 Å². The number of aromatic nitrogens is 1. The van der Waals surface area contributed by atoms with Crippen molar-refractivity contribution in [1.82, 2.24) is 15.6 Å². The van der Waals surface area contributed by atoms with Crippen LogP contribution in [0.25, 0.3) is 11.4 Å². The van der Waals surface area contributed by atoms with Crippen molar-refractivity contribution in [3.05, 3.63) is 53.3 Å². The number of pyridine rings is 1. The van der Waals surface area contributed by atoms with Gasteiger partial charge < -0.3 is 25.1 Å². The van der Waals surface area contributed by atoms with Crippen LogP contribution in [0.3, 0.4) is 0 Å². The highest BCUT2D eigenvalue weighted by Gasteiger charge is 2.15. The monoisotopic (exact) mass is 397 g/mol. The fourth-order valence-electron chi connectivity index (χ4n) is 2.61. The van der Waals surface area contributed by atoms with Gasteiger partial charge in [0.25, 0.3) is 0 Å². The number of aryl methyl sites for hydroxylation is 1. The van der Waals surface area contributed by atoms with E-state index in [4.69, 9.17) is 9.47 Å². The number of rotatable bonds is 4. The van der Waals surface area contributed by atoms with E-state index < -0.39 is 0 Å². The van der Waals surface area contributed by atoms with Gasteiger partial charge in [-0.15, -0.1) is 0 Å². The fraction of sp³-hybridized carbons (Fsp3) is 0.318. The third-order valence-electron chi connectivity index (χ3n) is 3.65. The summed E-state index contributed by atoms with van der Waals surface area (Å²) in [6.45, 7) is 9.93. The first kappa shape index (κ1) is 23.8. The van der Waals surface area contributed by atoms with Crippen molar-refractivity contribution >= 4 is 24.8 Å². The SMILES string of the molecule is C=N/C(=C(\NC)c1ccnc(C)c1)c1ccc2c(c1)OCCO2.C=NC.CNC. The highest BCUT2D eigenvalue weighted by atomic mass is 16.6. The molecule has 7 nitrogen and oxygen atoms in total. The normalized spacial score (nSPS) is 12.2. The summed E-state index contributed by atoms with van der Waals surface area (Å²) >= 11 is 0. The van der Waals surface area contributed by atoms with Gasteiger partial charge in [-0.1, -0.05) is 0 Å². The van der Waals surface area contributed by atoms with Crippen LogP contribution in [0, 0.1) is 6.92 Å². The van der Waals surface area contributed by atoms with Gasteiger partial charge >= 0.3 is 0 Å². The van der Waals surface area contributed by atoms with Crippen molar-refractivity contribution in [3.63, 3.8) is 0 Å². The Hall–Kier alpha value is -3.19. The number of ether oxygens (including phenoxy) is 2. The van der Waals surface area contributed by atoms with Crippen molar-refractivity contribution in [1.29, 1.82) is 0 Å². The summed E-state index contributed by atoms with van der Waals surface area (Å²) in [6, 6.07) is 9.75. The molecule has 0 atom stereocenters. The van der Waals surface area contributed by atoms with E-state index in [1.807, 2.05) is 58.4 Å². The van der Waals surface area contributed by atoms with Gasteiger partial charge in [0.1, 0.15) is 13.2 Å². The molecular weight excluding hydrogens is 366 g/mol. The predicted octanol–water partition coefficient (Wildman–Crippen LogP) is 3.06. The summed E-state index contributed by atoms with van der Waals surface area (Å²) in [5.41, 5.74) is 4.53. The lowest BCUT2D eigenvalue weighted by molar-refractivity contribution is 0.171. The Kier molecular flexibility index (Phi) is 10.7. The molecule has 0 bridgehead atoms. The highest BCUT2D eigenvalue weighted by Crippen LogP contribution is 2.35. The molecule has 0 fully saturated rings. The minimum atomic E-state index is 0.555. The van der Waals surface area contributed by atoms with Gasteiger partial charge in [0.05, 0.1) is 11.4 Å². The zero-order chi connectivity index (χ0) is 21.6. The molecule has 0 saturated carbocycles. The van der Waals surface area contributed by atoms with Crippen LogP contribution in [0.4, 0.5) is 0 Å². The minimum absolute atomic E-state index is 0.555. The van der Waals surface area contributed by atoms with Crippen molar-refractivity contribution in [3.8, 4) is 11.5 Å². The molecule has 0 spiro atoms. The van der Waals surface area contributed by atoms with E-state index in [-0.39, 0.29) is 0 Å². The van der Waals surface area contributed by atoms with Gasteiger partial charge in [-0.05, 0) is 64.8 Å². The zero-order valence-corrected chi connectivity index (χ0v) is 18.0. The van der Waals surface area contributed by atoms with Crippen molar-refractivity contribution < 1.29 is 9.47 Å². The lowest BCUT2D eigenvalue weighted by Gasteiger charge is -2.19. The second-order valence-corrected chi connectivity index (χ2v) is 5.99. The quantitative estimate of drug-likeness (QED) is 0.775. The first-order valence-electron chi connectivity index (χ1n) is 9.21. The molecule has 7 heteroatoms. The number of nitrogens with one attached hydrogen (secondary N) is 2. The number of nitrogens with zero attached hydrogens (tertiary/aromatic N) is 3. The molecule has 0 aliphatic carbocycles. The van der Waals surface area contributed by atoms with Crippen LogP contribution >= 0.6 is 0 Å². The molecule has 1 aromatic carbocycles. The number of hydrogen-bond donors (Lipinski definition) is 2. The van der Waals surface area contributed by atoms with Gasteiger partial charge in [0.15, 0.2) is 11.5 Å². The Bertz CT molecular complexity index is 834. The van der Waals surface area contributed by atoms with Gasteiger partial charge in [-0.3, -0.25) is 9.98 Å². The molecule has 29 heavy (non-hydrogen) atoms. The number of benzene rings is 1. The lowest BCUT2D eigenvalue weighted by Crippen LogP contribution is -2.15. The molecule has 1 aromatic heterocycles. The minimum Gasteiger partial charge on any atom is -0.486 e. The standard InChI is InChI=1S/C18H19N3O2.C2H7N.C2H5N/c1-12-10-14(6-7-21-12)18(20-3)17(19-2)13-4-5-15-16(11-13)23-9-8-22-15;2*1-3-2/h4-7,10-11,20H,2,8-9H2,1,3H3;3H,1-2H3;1H2,2H3/b18-17-;;. The average Bonchev–Trinajstić information content (AvgIpc) is 2.72. The third kappa shape index (κ3) is 7.04. The molecule has 1 aliphatic heterocycles. The van der Waals surface area contributed by atoms with Crippen molar-refractivity contribution in [2.45, 2.75) is 6.92 Å². The maximum Gasteiger partial charge on any atom is 0.162 e. The second-order valence-electron chi connectivity index (χ2n) is 5.99. The Labute approximate surface area is 173 Å².